The lowest BCUT2D eigenvalue weighted by molar-refractivity contribution is -0.929. The Labute approximate surface area is 214 Å². The number of amides is 2. The Morgan fingerprint density at radius 1 is 0.972 bits per heavy atom. The SMILES string of the molecule is Cc1cccc(C)c1N(C(=O)c1ccc(Cl)cc1)C(=O)[C@H](c1ccc([N+](=O)[O-])cc1)[NH+]1CCOCC1. The van der Waals surface area contributed by atoms with Gasteiger partial charge in [-0.2, -0.15) is 0 Å². The molecule has 1 atom stereocenters. The number of non-ortho nitro benzene ring substituents is 1. The minimum atomic E-state index is -0.759. The molecule has 0 aromatic heterocycles. The zero-order valence-electron chi connectivity index (χ0n) is 20.1. The van der Waals surface area contributed by atoms with Gasteiger partial charge in [0.2, 0.25) is 0 Å². The molecule has 1 N–H and O–H groups in total. The summed E-state index contributed by atoms with van der Waals surface area (Å²) in [6.07, 6.45) is 0. The maximum Gasteiger partial charge on any atom is 0.297 e. The van der Waals surface area contributed by atoms with Crippen LogP contribution in [0, 0.1) is 24.0 Å². The smallest absolute Gasteiger partial charge is 0.297 e. The van der Waals surface area contributed by atoms with E-state index in [-0.39, 0.29) is 5.69 Å². The molecular weight excluding hydrogens is 482 g/mol. The molecule has 1 saturated heterocycles. The van der Waals surface area contributed by atoms with Gasteiger partial charge < -0.3 is 9.64 Å². The summed E-state index contributed by atoms with van der Waals surface area (Å²) in [5.74, 6) is -0.869. The standard InChI is InChI=1S/C27H26ClN3O5/c1-18-4-3-5-19(2)24(18)30(26(32)21-6-10-22(28)11-7-21)27(33)25(29-14-16-36-17-15-29)20-8-12-23(13-9-20)31(34)35/h3-13,25H,14-17H2,1-2H3/p+1/t25-/m0/s1. The van der Waals surface area contributed by atoms with Crippen molar-refractivity contribution in [1.82, 2.24) is 0 Å². The van der Waals surface area contributed by atoms with E-state index in [9.17, 15) is 19.7 Å². The van der Waals surface area contributed by atoms with Gasteiger partial charge in [-0.05, 0) is 61.4 Å². The van der Waals surface area contributed by atoms with Crippen LogP contribution in [0.15, 0.2) is 66.7 Å². The third-order valence-corrected chi connectivity index (χ3v) is 6.66. The number of rotatable bonds is 6. The molecule has 9 heteroatoms. The fourth-order valence-electron chi connectivity index (χ4n) is 4.58. The number of aryl methyl sites for hydroxylation is 2. The Bertz CT molecular complexity index is 1250. The van der Waals surface area contributed by atoms with E-state index in [4.69, 9.17) is 16.3 Å². The van der Waals surface area contributed by atoms with Crippen molar-refractivity contribution in [3.63, 3.8) is 0 Å². The number of quaternary nitrogens is 1. The highest BCUT2D eigenvalue weighted by atomic mass is 35.5. The van der Waals surface area contributed by atoms with Crippen LogP contribution in [0.5, 0.6) is 0 Å². The summed E-state index contributed by atoms with van der Waals surface area (Å²) in [7, 11) is 0. The first-order valence-electron chi connectivity index (χ1n) is 11.6. The fraction of sp³-hybridized carbons (Fsp3) is 0.259. The maximum absolute atomic E-state index is 14.4. The van der Waals surface area contributed by atoms with Crippen LogP contribution in [-0.2, 0) is 9.53 Å². The molecule has 1 fully saturated rings. The number of para-hydroxylation sites is 1. The molecule has 0 radical (unpaired) electrons. The molecule has 0 saturated carbocycles. The molecule has 3 aromatic rings. The van der Waals surface area contributed by atoms with Crippen LogP contribution in [-0.4, -0.2) is 43.0 Å². The molecule has 186 valence electrons. The Morgan fingerprint density at radius 2 is 1.56 bits per heavy atom. The number of hydrogen-bond acceptors (Lipinski definition) is 5. The summed E-state index contributed by atoms with van der Waals surface area (Å²) in [6, 6.07) is 17.2. The van der Waals surface area contributed by atoms with Crippen molar-refractivity contribution in [2.45, 2.75) is 19.9 Å². The number of ether oxygens (including phenoxy) is 1. The lowest BCUT2D eigenvalue weighted by Crippen LogP contribution is -3.15. The first-order valence-corrected chi connectivity index (χ1v) is 12.0. The van der Waals surface area contributed by atoms with Gasteiger partial charge in [0.15, 0.2) is 6.04 Å². The maximum atomic E-state index is 14.4. The van der Waals surface area contributed by atoms with Gasteiger partial charge in [0.1, 0.15) is 13.1 Å². The topological polar surface area (TPSA) is 94.2 Å². The van der Waals surface area contributed by atoms with Gasteiger partial charge in [0.05, 0.1) is 23.8 Å². The Hall–Kier alpha value is -3.59. The van der Waals surface area contributed by atoms with Crippen molar-refractivity contribution in [3.05, 3.63) is 104 Å². The van der Waals surface area contributed by atoms with Gasteiger partial charge in [-0.1, -0.05) is 29.8 Å². The summed E-state index contributed by atoms with van der Waals surface area (Å²) >= 11 is 6.04. The quantitative estimate of drug-likeness (QED) is 0.405. The normalized spacial score (nSPS) is 14.8. The van der Waals surface area contributed by atoms with E-state index in [0.29, 0.717) is 48.1 Å². The van der Waals surface area contributed by atoms with Crippen molar-refractivity contribution in [2.75, 3.05) is 31.2 Å². The van der Waals surface area contributed by atoms with E-state index >= 15 is 0 Å². The Balaban J connectivity index is 1.85. The van der Waals surface area contributed by atoms with Gasteiger partial charge >= 0.3 is 0 Å². The number of morpholine rings is 1. The van der Waals surface area contributed by atoms with Crippen LogP contribution in [0.4, 0.5) is 11.4 Å². The molecule has 1 aliphatic rings. The van der Waals surface area contributed by atoms with Gasteiger partial charge in [-0.25, -0.2) is 4.90 Å². The molecule has 0 aliphatic carbocycles. The first kappa shape index (κ1) is 25.5. The average molecular weight is 509 g/mol. The minimum Gasteiger partial charge on any atom is -0.370 e. The number of carbonyl (C=O) groups is 2. The predicted octanol–water partition coefficient (Wildman–Crippen LogP) is 3.69. The summed E-state index contributed by atoms with van der Waals surface area (Å²) in [5, 5.41) is 11.7. The Kier molecular flexibility index (Phi) is 7.79. The van der Waals surface area contributed by atoms with Crippen molar-refractivity contribution in [3.8, 4) is 0 Å². The lowest BCUT2D eigenvalue weighted by atomic mass is 9.99. The molecule has 2 amide bonds. The monoisotopic (exact) mass is 508 g/mol. The fourth-order valence-corrected chi connectivity index (χ4v) is 4.71. The third-order valence-electron chi connectivity index (χ3n) is 6.41. The van der Waals surface area contributed by atoms with E-state index in [2.05, 4.69) is 0 Å². The highest BCUT2D eigenvalue weighted by Crippen LogP contribution is 2.30. The number of benzene rings is 3. The van der Waals surface area contributed by atoms with E-state index in [1.165, 1.54) is 17.0 Å². The molecule has 4 rings (SSSR count). The zero-order valence-corrected chi connectivity index (χ0v) is 20.8. The summed E-state index contributed by atoms with van der Waals surface area (Å²) in [5.41, 5.74) is 2.96. The number of nitrogens with zero attached hydrogens (tertiary/aromatic N) is 2. The molecular formula is C27H27ClN3O5+. The predicted molar refractivity (Wildman–Crippen MR) is 137 cm³/mol. The minimum absolute atomic E-state index is 0.0641. The van der Waals surface area contributed by atoms with Gasteiger partial charge in [-0.15, -0.1) is 0 Å². The summed E-state index contributed by atoms with van der Waals surface area (Å²) < 4.78 is 5.51. The molecule has 1 aliphatic heterocycles. The second-order valence-electron chi connectivity index (χ2n) is 8.78. The van der Waals surface area contributed by atoms with E-state index in [1.54, 1.807) is 36.4 Å². The third kappa shape index (κ3) is 5.31. The number of nitro groups is 1. The molecule has 36 heavy (non-hydrogen) atoms. The van der Waals surface area contributed by atoms with Gasteiger partial charge in [-0.3, -0.25) is 19.7 Å². The van der Waals surface area contributed by atoms with Crippen LogP contribution in [0.25, 0.3) is 0 Å². The second kappa shape index (κ2) is 11.0. The molecule has 1 heterocycles. The number of anilines is 1. The number of imide groups is 1. The number of hydrogen-bond donors (Lipinski definition) is 1. The van der Waals surface area contributed by atoms with Crippen molar-refractivity contribution >= 4 is 34.8 Å². The van der Waals surface area contributed by atoms with Crippen LogP contribution in [0.2, 0.25) is 5.02 Å². The van der Waals surface area contributed by atoms with Crippen molar-refractivity contribution in [2.24, 2.45) is 0 Å². The highest BCUT2D eigenvalue weighted by Gasteiger charge is 2.40. The highest BCUT2D eigenvalue weighted by molar-refractivity contribution is 6.31. The van der Waals surface area contributed by atoms with Crippen LogP contribution in [0.3, 0.4) is 0 Å². The molecule has 0 bridgehead atoms. The number of nitrogens with one attached hydrogen (secondary N) is 1. The number of carbonyl (C=O) groups excluding carboxylic acids is 2. The largest absolute Gasteiger partial charge is 0.370 e. The van der Waals surface area contributed by atoms with E-state index in [1.807, 2.05) is 32.0 Å². The first-order chi connectivity index (χ1) is 17.3. The van der Waals surface area contributed by atoms with Crippen LogP contribution in [0.1, 0.15) is 33.1 Å². The molecule has 0 unspecified atom stereocenters. The second-order valence-corrected chi connectivity index (χ2v) is 9.21. The van der Waals surface area contributed by atoms with Crippen LogP contribution >= 0.6 is 11.6 Å². The van der Waals surface area contributed by atoms with Crippen molar-refractivity contribution < 1.29 is 24.1 Å². The lowest BCUT2D eigenvalue weighted by Gasteiger charge is -2.34. The average Bonchev–Trinajstić information content (AvgIpc) is 2.87. The van der Waals surface area contributed by atoms with E-state index in [0.717, 1.165) is 16.0 Å². The van der Waals surface area contributed by atoms with Gasteiger partial charge in [0.25, 0.3) is 17.5 Å². The number of nitro benzene ring substituents is 1. The summed E-state index contributed by atoms with van der Waals surface area (Å²) in [4.78, 5) is 41.3. The van der Waals surface area contributed by atoms with Crippen LogP contribution < -0.4 is 9.80 Å². The number of halogens is 1. The summed E-state index contributed by atoms with van der Waals surface area (Å²) in [6.45, 7) is 5.79. The zero-order chi connectivity index (χ0) is 25.8. The van der Waals surface area contributed by atoms with Crippen molar-refractivity contribution in [1.29, 1.82) is 0 Å². The molecule has 3 aromatic carbocycles. The molecule has 8 nitrogen and oxygen atoms in total. The molecule has 0 spiro atoms. The Morgan fingerprint density at radius 3 is 2.11 bits per heavy atom. The van der Waals surface area contributed by atoms with E-state index < -0.39 is 22.8 Å². The van der Waals surface area contributed by atoms with Gasteiger partial charge in [0, 0.05) is 28.3 Å².